The number of carbonyl (C=O) groups excluding carboxylic acids is 4. The number of hydrogen-bond donors (Lipinski definition) is 0. The molecular formula is C10H18CoO10. The molecule has 10 nitrogen and oxygen atoms in total. The van der Waals surface area contributed by atoms with Crippen molar-refractivity contribution in [3.63, 3.8) is 0 Å². The number of aliphatic carboxylic acids is 2. The number of carboxylic acids is 2. The van der Waals surface area contributed by atoms with Gasteiger partial charge in [-0.1, -0.05) is 0 Å². The average molecular weight is 357 g/mol. The number of rotatable bonds is 6. The van der Waals surface area contributed by atoms with Crippen LogP contribution in [0.25, 0.3) is 0 Å². The van der Waals surface area contributed by atoms with Gasteiger partial charge in [0, 0.05) is 11.9 Å². The van der Waals surface area contributed by atoms with Gasteiger partial charge < -0.3 is 40.2 Å². The van der Waals surface area contributed by atoms with Crippen molar-refractivity contribution in [1.82, 2.24) is 0 Å². The van der Waals surface area contributed by atoms with Crippen molar-refractivity contribution < 1.29 is 66.6 Å². The monoisotopic (exact) mass is 357 g/mol. The molecule has 0 aromatic carbocycles. The molecule has 0 atom stereocenters. The molecule has 0 aliphatic rings. The summed E-state index contributed by atoms with van der Waals surface area (Å²) in [6.45, 7) is 0. The normalized spacial score (nSPS) is 7.33. The van der Waals surface area contributed by atoms with Crippen LogP contribution in [0.1, 0.15) is 25.7 Å². The third-order valence-electron chi connectivity index (χ3n) is 1.52. The van der Waals surface area contributed by atoms with E-state index < -0.39 is 23.9 Å². The van der Waals surface area contributed by atoms with E-state index in [1.54, 1.807) is 0 Å². The van der Waals surface area contributed by atoms with Crippen molar-refractivity contribution in [2.45, 2.75) is 25.7 Å². The maximum absolute atomic E-state index is 10.2. The van der Waals surface area contributed by atoms with Gasteiger partial charge in [0.1, 0.15) is 0 Å². The zero-order valence-electron chi connectivity index (χ0n) is 11.4. The Bertz CT molecular complexity index is 274. The molecule has 0 aliphatic heterocycles. The van der Waals surface area contributed by atoms with Crippen molar-refractivity contribution >= 4 is 23.9 Å². The van der Waals surface area contributed by atoms with Gasteiger partial charge in [-0.05, 0) is 12.8 Å². The molecule has 0 aliphatic carbocycles. The van der Waals surface area contributed by atoms with E-state index in [0.717, 1.165) is 0 Å². The van der Waals surface area contributed by atoms with Crippen LogP contribution in [-0.2, 0) is 45.4 Å². The van der Waals surface area contributed by atoms with E-state index in [2.05, 4.69) is 9.47 Å². The molecule has 0 rings (SSSR count). The molecular weight excluding hydrogens is 339 g/mol. The minimum atomic E-state index is -1.24. The Labute approximate surface area is 131 Å². The number of carbonyl (C=O) groups is 4. The molecule has 127 valence electrons. The number of methoxy groups -OCH3 is 2. The van der Waals surface area contributed by atoms with E-state index in [4.69, 9.17) is 0 Å². The van der Waals surface area contributed by atoms with Crippen LogP contribution in [0.5, 0.6) is 0 Å². The summed E-state index contributed by atoms with van der Waals surface area (Å²) in [5.74, 6) is -3.53. The van der Waals surface area contributed by atoms with E-state index in [0.29, 0.717) is 0 Å². The van der Waals surface area contributed by atoms with Crippen LogP contribution in [-0.4, -0.2) is 49.0 Å². The predicted octanol–water partition coefficient (Wildman–Crippen LogP) is -4.27. The number of carboxylic acid groups (broad SMARTS) is 2. The first-order chi connectivity index (χ1) is 8.33. The predicted molar refractivity (Wildman–Crippen MR) is 59.7 cm³/mol. The molecule has 0 spiro atoms. The summed E-state index contributed by atoms with van der Waals surface area (Å²) in [5.41, 5.74) is 0. The fourth-order valence-electron chi connectivity index (χ4n) is 0.612. The van der Waals surface area contributed by atoms with Crippen molar-refractivity contribution in [3.05, 3.63) is 0 Å². The van der Waals surface area contributed by atoms with Gasteiger partial charge in [0.2, 0.25) is 0 Å². The van der Waals surface area contributed by atoms with Crippen molar-refractivity contribution in [1.29, 1.82) is 0 Å². The van der Waals surface area contributed by atoms with Gasteiger partial charge >= 0.3 is 28.7 Å². The molecule has 21 heavy (non-hydrogen) atoms. The van der Waals surface area contributed by atoms with Crippen molar-refractivity contribution in [3.8, 4) is 0 Å². The largest absolute Gasteiger partial charge is 2.00 e. The topological polar surface area (TPSA) is 196 Å². The fraction of sp³-hybridized carbons (Fsp3) is 0.600. The van der Waals surface area contributed by atoms with E-state index in [1.807, 2.05) is 0 Å². The first-order valence-electron chi connectivity index (χ1n) is 4.86. The average Bonchev–Trinajstić information content (AvgIpc) is 2.33. The fourth-order valence-corrected chi connectivity index (χ4v) is 0.612. The number of ether oxygens (including phenoxy) is 2. The Balaban J connectivity index is -0.0000000711. The Hall–Kier alpha value is -1.69. The van der Waals surface area contributed by atoms with Gasteiger partial charge in [-0.25, -0.2) is 0 Å². The minimum absolute atomic E-state index is 0. The molecule has 0 bridgehead atoms. The molecule has 0 aromatic heterocycles. The summed E-state index contributed by atoms with van der Waals surface area (Å²) in [6.07, 6.45) is -0.767. The second-order valence-corrected chi connectivity index (χ2v) is 2.90. The quantitative estimate of drug-likeness (QED) is 0.425. The Morgan fingerprint density at radius 1 is 0.714 bits per heavy atom. The van der Waals surface area contributed by atoms with Crippen LogP contribution in [0, 0.1) is 0 Å². The summed E-state index contributed by atoms with van der Waals surface area (Å²) < 4.78 is 8.34. The van der Waals surface area contributed by atoms with E-state index >= 15 is 0 Å². The molecule has 0 saturated carbocycles. The molecule has 1 radical (unpaired) electrons. The van der Waals surface area contributed by atoms with Gasteiger partial charge in [-0.2, -0.15) is 0 Å². The molecule has 0 aromatic rings. The molecule has 0 saturated heterocycles. The third kappa shape index (κ3) is 32.1. The SMILES string of the molecule is COC(=O)CCC(=O)[O-].COC(=O)CCC(=O)[O-].O.O.[Co+2]. The molecule has 11 heteroatoms. The minimum Gasteiger partial charge on any atom is -0.550 e. The van der Waals surface area contributed by atoms with Gasteiger partial charge in [0.15, 0.2) is 0 Å². The zero-order valence-corrected chi connectivity index (χ0v) is 12.5. The second kappa shape index (κ2) is 20.6. The summed E-state index contributed by atoms with van der Waals surface area (Å²) >= 11 is 0. The standard InChI is InChI=1S/2C5H8O4.Co.2H2O/c2*1-9-5(8)3-2-4(6)7;;;/h2*2-3H2,1H3,(H,6,7);;2*1H2/q;;+2;;/p-2. The Morgan fingerprint density at radius 3 is 1.10 bits per heavy atom. The van der Waals surface area contributed by atoms with Crippen LogP contribution in [0.2, 0.25) is 0 Å². The molecule has 4 N–H and O–H groups in total. The molecule has 0 heterocycles. The van der Waals surface area contributed by atoms with Crippen LogP contribution in [0.4, 0.5) is 0 Å². The van der Waals surface area contributed by atoms with Crippen LogP contribution in [0.15, 0.2) is 0 Å². The molecule has 0 amide bonds. The smallest absolute Gasteiger partial charge is 0.550 e. The van der Waals surface area contributed by atoms with Gasteiger partial charge in [0.05, 0.1) is 27.1 Å². The van der Waals surface area contributed by atoms with Crippen molar-refractivity contribution in [2.75, 3.05) is 14.2 Å². The third-order valence-corrected chi connectivity index (χ3v) is 1.52. The van der Waals surface area contributed by atoms with Gasteiger partial charge in [-0.3, -0.25) is 9.59 Å². The maximum Gasteiger partial charge on any atom is 2.00 e. The van der Waals surface area contributed by atoms with Crippen LogP contribution < -0.4 is 10.2 Å². The Morgan fingerprint density at radius 2 is 0.952 bits per heavy atom. The number of esters is 2. The number of hydrogen-bond acceptors (Lipinski definition) is 8. The van der Waals surface area contributed by atoms with E-state index in [9.17, 15) is 29.4 Å². The first kappa shape index (κ1) is 31.6. The summed E-state index contributed by atoms with van der Waals surface area (Å²) in [6, 6.07) is 0. The van der Waals surface area contributed by atoms with Gasteiger partial charge in [-0.15, -0.1) is 0 Å². The Kier molecular flexibility index (Phi) is 31.0. The van der Waals surface area contributed by atoms with Gasteiger partial charge in [0.25, 0.3) is 0 Å². The molecule has 0 unspecified atom stereocenters. The van der Waals surface area contributed by atoms with Crippen LogP contribution >= 0.6 is 0 Å². The second-order valence-electron chi connectivity index (χ2n) is 2.90. The van der Waals surface area contributed by atoms with E-state index in [-0.39, 0.29) is 53.4 Å². The van der Waals surface area contributed by atoms with Crippen molar-refractivity contribution in [2.24, 2.45) is 0 Å². The zero-order chi connectivity index (χ0) is 14.6. The summed E-state index contributed by atoms with van der Waals surface area (Å²) in [7, 11) is 2.41. The first-order valence-corrected chi connectivity index (χ1v) is 4.86. The summed E-state index contributed by atoms with van der Waals surface area (Å²) in [5, 5.41) is 19.4. The van der Waals surface area contributed by atoms with Crippen LogP contribution in [0.3, 0.4) is 0 Å². The van der Waals surface area contributed by atoms with E-state index in [1.165, 1.54) is 14.2 Å². The summed E-state index contributed by atoms with van der Waals surface area (Å²) in [4.78, 5) is 39.8. The maximum atomic E-state index is 10.2. The molecule has 0 fully saturated rings.